The van der Waals surface area contributed by atoms with E-state index in [0.717, 1.165) is 22.9 Å². The summed E-state index contributed by atoms with van der Waals surface area (Å²) in [5.41, 5.74) is 1.27. The summed E-state index contributed by atoms with van der Waals surface area (Å²) in [4.78, 5) is 17.3. The van der Waals surface area contributed by atoms with Crippen LogP contribution >= 0.6 is 23.4 Å². The molecule has 0 radical (unpaired) electrons. The van der Waals surface area contributed by atoms with Crippen molar-refractivity contribution in [3.63, 3.8) is 0 Å². The molecule has 2 aromatic rings. The average molecular weight is 496 g/mol. The maximum absolute atomic E-state index is 13.2. The minimum atomic E-state index is -3.65. The molecular formula is C22H26ClN3O4S2. The number of rotatable bonds is 5. The second-order valence-electron chi connectivity index (χ2n) is 7.64. The van der Waals surface area contributed by atoms with Gasteiger partial charge in [-0.1, -0.05) is 17.7 Å². The Morgan fingerprint density at radius 2 is 1.72 bits per heavy atom. The zero-order valence-corrected chi connectivity index (χ0v) is 20.3. The SMILES string of the molecule is COc1cccc(N2CCN(C(=O)c3cc(S(=O)(=O)N4CCSCC4)ccc3Cl)CC2)c1. The van der Waals surface area contributed by atoms with Crippen LogP contribution in [0, 0.1) is 0 Å². The van der Waals surface area contributed by atoms with E-state index < -0.39 is 10.0 Å². The Morgan fingerprint density at radius 3 is 2.41 bits per heavy atom. The molecule has 4 rings (SSSR count). The third kappa shape index (κ3) is 4.85. The van der Waals surface area contributed by atoms with Crippen LogP contribution < -0.4 is 9.64 Å². The maximum atomic E-state index is 13.2. The summed E-state index contributed by atoms with van der Waals surface area (Å²) in [7, 11) is -2.01. The van der Waals surface area contributed by atoms with E-state index in [1.807, 2.05) is 24.3 Å². The van der Waals surface area contributed by atoms with Crippen LogP contribution in [0.5, 0.6) is 5.75 Å². The van der Waals surface area contributed by atoms with Crippen molar-refractivity contribution in [3.8, 4) is 5.75 Å². The molecule has 0 saturated carbocycles. The van der Waals surface area contributed by atoms with Crippen LogP contribution in [0.1, 0.15) is 10.4 Å². The van der Waals surface area contributed by atoms with Crippen molar-refractivity contribution in [3.05, 3.63) is 53.1 Å². The van der Waals surface area contributed by atoms with E-state index in [0.29, 0.717) is 39.3 Å². The fourth-order valence-electron chi connectivity index (χ4n) is 3.91. The molecule has 0 bridgehead atoms. The van der Waals surface area contributed by atoms with E-state index in [1.165, 1.54) is 22.5 Å². The number of nitrogens with zero attached hydrogens (tertiary/aromatic N) is 3. The van der Waals surface area contributed by atoms with Gasteiger partial charge < -0.3 is 14.5 Å². The molecule has 2 fully saturated rings. The highest BCUT2D eigenvalue weighted by atomic mass is 35.5. The molecule has 10 heteroatoms. The van der Waals surface area contributed by atoms with E-state index >= 15 is 0 Å². The van der Waals surface area contributed by atoms with Gasteiger partial charge in [0, 0.05) is 62.5 Å². The Kier molecular flexibility index (Phi) is 7.19. The van der Waals surface area contributed by atoms with Gasteiger partial charge in [0.2, 0.25) is 10.0 Å². The molecule has 172 valence electrons. The number of halogens is 1. The summed E-state index contributed by atoms with van der Waals surface area (Å²) in [5.74, 6) is 2.09. The Morgan fingerprint density at radius 1 is 1.00 bits per heavy atom. The number of hydrogen-bond acceptors (Lipinski definition) is 6. The first-order chi connectivity index (χ1) is 15.4. The third-order valence-electron chi connectivity index (χ3n) is 5.76. The van der Waals surface area contributed by atoms with Crippen LogP contribution in [0.25, 0.3) is 0 Å². The fraction of sp³-hybridized carbons (Fsp3) is 0.409. The summed E-state index contributed by atoms with van der Waals surface area (Å²) in [6, 6.07) is 12.2. The number of ether oxygens (including phenoxy) is 1. The first-order valence-electron chi connectivity index (χ1n) is 10.5. The van der Waals surface area contributed by atoms with Crippen molar-refractivity contribution < 1.29 is 17.9 Å². The van der Waals surface area contributed by atoms with E-state index in [-0.39, 0.29) is 21.4 Å². The summed E-state index contributed by atoms with van der Waals surface area (Å²) in [5, 5.41) is 0.262. The number of anilines is 1. The summed E-state index contributed by atoms with van der Waals surface area (Å²) >= 11 is 8.06. The van der Waals surface area contributed by atoms with Gasteiger partial charge in [-0.2, -0.15) is 16.1 Å². The molecule has 0 atom stereocenters. The number of benzene rings is 2. The van der Waals surface area contributed by atoms with Crippen molar-refractivity contribution in [2.75, 3.05) is 62.8 Å². The lowest BCUT2D eigenvalue weighted by Crippen LogP contribution is -2.48. The van der Waals surface area contributed by atoms with Crippen LogP contribution in [0.15, 0.2) is 47.4 Å². The molecule has 0 spiro atoms. The molecule has 32 heavy (non-hydrogen) atoms. The molecule has 0 aliphatic carbocycles. The highest BCUT2D eigenvalue weighted by molar-refractivity contribution is 7.99. The zero-order valence-electron chi connectivity index (χ0n) is 17.9. The second-order valence-corrected chi connectivity index (χ2v) is 11.2. The molecule has 2 saturated heterocycles. The van der Waals surface area contributed by atoms with Crippen LogP contribution in [0.3, 0.4) is 0 Å². The van der Waals surface area contributed by atoms with Gasteiger partial charge >= 0.3 is 0 Å². The van der Waals surface area contributed by atoms with Gasteiger partial charge in [0.1, 0.15) is 5.75 Å². The summed E-state index contributed by atoms with van der Waals surface area (Å²) < 4.78 is 32.8. The Hall–Kier alpha value is -1.94. The molecule has 0 unspecified atom stereocenters. The number of piperazine rings is 1. The van der Waals surface area contributed by atoms with Gasteiger partial charge in [-0.05, 0) is 30.3 Å². The van der Waals surface area contributed by atoms with E-state index in [1.54, 1.807) is 23.8 Å². The largest absolute Gasteiger partial charge is 0.497 e. The van der Waals surface area contributed by atoms with Gasteiger partial charge in [-0.3, -0.25) is 4.79 Å². The van der Waals surface area contributed by atoms with Crippen molar-refractivity contribution >= 4 is 45.0 Å². The molecule has 2 aromatic carbocycles. The zero-order chi connectivity index (χ0) is 22.7. The van der Waals surface area contributed by atoms with E-state index in [2.05, 4.69) is 4.90 Å². The number of hydrogen-bond donors (Lipinski definition) is 0. The Bertz CT molecular complexity index is 1080. The van der Waals surface area contributed by atoms with Gasteiger partial charge in [-0.25, -0.2) is 8.42 Å². The first-order valence-corrected chi connectivity index (χ1v) is 13.4. The minimum Gasteiger partial charge on any atom is -0.497 e. The number of methoxy groups -OCH3 is 1. The maximum Gasteiger partial charge on any atom is 0.255 e. The van der Waals surface area contributed by atoms with Gasteiger partial charge in [0.25, 0.3) is 5.91 Å². The van der Waals surface area contributed by atoms with Gasteiger partial charge in [0.15, 0.2) is 0 Å². The highest BCUT2D eigenvalue weighted by Crippen LogP contribution is 2.27. The third-order valence-corrected chi connectivity index (χ3v) is 8.93. The molecule has 2 aliphatic rings. The van der Waals surface area contributed by atoms with Crippen molar-refractivity contribution in [1.82, 2.24) is 9.21 Å². The monoisotopic (exact) mass is 495 g/mol. The van der Waals surface area contributed by atoms with Crippen LogP contribution in [0.2, 0.25) is 5.02 Å². The average Bonchev–Trinajstić information content (AvgIpc) is 2.84. The number of carbonyl (C=O) groups excluding carboxylic acids is 1. The van der Waals surface area contributed by atoms with Gasteiger partial charge in [0.05, 0.1) is 22.6 Å². The lowest BCUT2D eigenvalue weighted by Gasteiger charge is -2.36. The topological polar surface area (TPSA) is 70.2 Å². The van der Waals surface area contributed by atoms with Crippen LogP contribution in [-0.4, -0.2) is 81.4 Å². The van der Waals surface area contributed by atoms with Crippen molar-refractivity contribution in [1.29, 1.82) is 0 Å². The molecule has 0 aromatic heterocycles. The van der Waals surface area contributed by atoms with E-state index in [9.17, 15) is 13.2 Å². The lowest BCUT2D eigenvalue weighted by molar-refractivity contribution is 0.0746. The fourth-order valence-corrected chi connectivity index (χ4v) is 6.71. The molecule has 2 heterocycles. The lowest BCUT2D eigenvalue weighted by atomic mass is 10.1. The normalized spacial score (nSPS) is 17.9. The molecular weight excluding hydrogens is 470 g/mol. The van der Waals surface area contributed by atoms with Crippen molar-refractivity contribution in [2.45, 2.75) is 4.90 Å². The molecule has 1 amide bonds. The summed E-state index contributed by atoms with van der Waals surface area (Å²) in [6.45, 7) is 3.33. The Balaban J connectivity index is 1.48. The molecule has 0 N–H and O–H groups in total. The standard InChI is InChI=1S/C22H26ClN3O4S2/c1-30-18-4-2-3-17(15-18)24-7-9-25(10-8-24)22(27)20-16-19(5-6-21(20)23)32(28,29)26-11-13-31-14-12-26/h2-6,15-16H,7-14H2,1H3. The Labute approximate surface area is 198 Å². The number of carbonyl (C=O) groups is 1. The minimum absolute atomic E-state index is 0.118. The predicted molar refractivity (Wildman–Crippen MR) is 129 cm³/mol. The summed E-state index contributed by atoms with van der Waals surface area (Å²) in [6.07, 6.45) is 0. The van der Waals surface area contributed by atoms with E-state index in [4.69, 9.17) is 16.3 Å². The smallest absolute Gasteiger partial charge is 0.255 e. The highest BCUT2D eigenvalue weighted by Gasteiger charge is 2.29. The number of thioether (sulfide) groups is 1. The molecule has 7 nitrogen and oxygen atoms in total. The molecule has 2 aliphatic heterocycles. The first kappa shape index (κ1) is 23.2. The predicted octanol–water partition coefficient (Wildman–Crippen LogP) is 3.05. The van der Waals surface area contributed by atoms with Crippen molar-refractivity contribution in [2.24, 2.45) is 0 Å². The second kappa shape index (κ2) is 9.91. The number of amides is 1. The van der Waals surface area contributed by atoms with Gasteiger partial charge in [-0.15, -0.1) is 0 Å². The van der Waals surface area contributed by atoms with Crippen LogP contribution in [0.4, 0.5) is 5.69 Å². The quantitative estimate of drug-likeness (QED) is 0.635. The number of sulfonamides is 1. The van der Waals surface area contributed by atoms with Crippen LogP contribution in [-0.2, 0) is 10.0 Å².